The molecule has 8 nitrogen and oxygen atoms in total. The van der Waals surface area contributed by atoms with Crippen LogP contribution in [0, 0.1) is 12.3 Å². The molecule has 9 heteroatoms. The van der Waals surface area contributed by atoms with Crippen molar-refractivity contribution in [3.8, 4) is 10.4 Å². The van der Waals surface area contributed by atoms with Gasteiger partial charge in [-0.2, -0.15) is 0 Å². The van der Waals surface area contributed by atoms with Gasteiger partial charge in [-0.3, -0.25) is 14.4 Å². The maximum absolute atomic E-state index is 13.9. The van der Waals surface area contributed by atoms with Crippen LogP contribution in [0.3, 0.4) is 0 Å². The molecular weight excluding hydrogens is 500 g/mol. The molecule has 0 unspecified atom stereocenters. The SMILES string of the molecule is CC(=O)O[C@H]1C[C@H](C(=O)N[C@H](C)c2ccc(-c3scnc3C)cc2)N(C(=O)[C@H](NC(C)(C)C)C(C)(C)C)C1. The Labute approximate surface area is 230 Å². The number of esters is 1. The van der Waals surface area contributed by atoms with Crippen molar-refractivity contribution in [2.24, 2.45) is 5.41 Å². The molecule has 2 aromatic rings. The molecule has 1 saturated heterocycles. The number of carbonyl (C=O) groups excluding carboxylic acids is 3. The van der Waals surface area contributed by atoms with Crippen LogP contribution in [0.2, 0.25) is 0 Å². The molecule has 0 saturated carbocycles. The quantitative estimate of drug-likeness (QED) is 0.495. The number of ether oxygens (including phenoxy) is 1. The molecule has 2 amide bonds. The van der Waals surface area contributed by atoms with Crippen molar-refractivity contribution in [2.45, 2.75) is 98.5 Å². The molecule has 1 fully saturated rings. The Hall–Kier alpha value is -2.78. The van der Waals surface area contributed by atoms with Crippen molar-refractivity contribution in [1.29, 1.82) is 0 Å². The molecular formula is C29H42N4O4S. The fraction of sp³-hybridized carbons (Fsp3) is 0.586. The van der Waals surface area contributed by atoms with Gasteiger partial charge in [0, 0.05) is 18.9 Å². The topological polar surface area (TPSA) is 101 Å². The number of amides is 2. The number of hydrogen-bond donors (Lipinski definition) is 2. The Kier molecular flexibility index (Phi) is 9.04. The Bertz CT molecular complexity index is 1150. The molecule has 2 heterocycles. The number of nitrogens with zero attached hydrogens (tertiary/aromatic N) is 2. The lowest BCUT2D eigenvalue weighted by molar-refractivity contribution is -0.147. The molecule has 1 aromatic carbocycles. The third-order valence-corrected chi connectivity index (χ3v) is 7.63. The lowest BCUT2D eigenvalue weighted by Crippen LogP contribution is -2.60. The zero-order chi connectivity index (χ0) is 28.4. The highest BCUT2D eigenvalue weighted by Crippen LogP contribution is 2.30. The number of aromatic nitrogens is 1. The molecule has 1 aromatic heterocycles. The first-order chi connectivity index (χ1) is 17.6. The van der Waals surface area contributed by atoms with Crippen molar-refractivity contribution in [3.63, 3.8) is 0 Å². The number of carbonyl (C=O) groups is 3. The van der Waals surface area contributed by atoms with E-state index in [4.69, 9.17) is 4.74 Å². The molecule has 3 rings (SSSR count). The molecule has 0 spiro atoms. The summed E-state index contributed by atoms with van der Waals surface area (Å²) in [4.78, 5) is 46.2. The van der Waals surface area contributed by atoms with E-state index in [-0.39, 0.29) is 36.4 Å². The standard InChI is InChI=1S/C29H42N4O4S/c1-17(20-10-12-21(13-11-20)24-18(2)30-16-38-24)31-26(35)23-14-22(37-19(3)34)15-33(23)27(36)25(28(4,5)6)32-29(7,8)9/h10-13,16-17,22-23,25,32H,14-15H2,1-9H3,(H,31,35)/t17-,22+,23-,25+/m1/s1. The summed E-state index contributed by atoms with van der Waals surface area (Å²) in [6.45, 7) is 17.5. The smallest absolute Gasteiger partial charge is 0.302 e. The van der Waals surface area contributed by atoms with E-state index in [1.54, 1.807) is 16.2 Å². The average Bonchev–Trinajstić information content (AvgIpc) is 3.41. The molecule has 0 bridgehead atoms. The summed E-state index contributed by atoms with van der Waals surface area (Å²) >= 11 is 1.60. The van der Waals surface area contributed by atoms with Crippen LogP contribution in [0.4, 0.5) is 0 Å². The van der Waals surface area contributed by atoms with E-state index in [0.717, 1.165) is 21.7 Å². The fourth-order valence-electron chi connectivity index (χ4n) is 4.75. The highest BCUT2D eigenvalue weighted by molar-refractivity contribution is 7.13. The van der Waals surface area contributed by atoms with Gasteiger partial charge in [0.2, 0.25) is 11.8 Å². The van der Waals surface area contributed by atoms with E-state index in [1.807, 2.05) is 85.2 Å². The summed E-state index contributed by atoms with van der Waals surface area (Å²) in [5.41, 5.74) is 4.17. The number of nitrogens with one attached hydrogen (secondary N) is 2. The summed E-state index contributed by atoms with van der Waals surface area (Å²) in [5, 5.41) is 6.53. The van der Waals surface area contributed by atoms with Crippen molar-refractivity contribution >= 4 is 29.1 Å². The van der Waals surface area contributed by atoms with Crippen molar-refractivity contribution in [2.75, 3.05) is 6.54 Å². The van der Waals surface area contributed by atoms with Crippen molar-refractivity contribution in [3.05, 3.63) is 41.0 Å². The van der Waals surface area contributed by atoms with Gasteiger partial charge >= 0.3 is 5.97 Å². The van der Waals surface area contributed by atoms with Gasteiger partial charge in [-0.05, 0) is 51.2 Å². The number of aryl methyl sites for hydroxylation is 1. The molecule has 208 valence electrons. The summed E-state index contributed by atoms with van der Waals surface area (Å²) < 4.78 is 5.45. The first-order valence-electron chi connectivity index (χ1n) is 13.1. The van der Waals surface area contributed by atoms with Crippen LogP contribution in [-0.2, 0) is 19.1 Å². The number of thiazole rings is 1. The average molecular weight is 543 g/mol. The number of rotatable bonds is 7. The van der Waals surface area contributed by atoms with Gasteiger partial charge in [-0.15, -0.1) is 11.3 Å². The molecule has 1 aliphatic heterocycles. The highest BCUT2D eigenvalue weighted by Gasteiger charge is 2.46. The van der Waals surface area contributed by atoms with Crippen molar-refractivity contribution in [1.82, 2.24) is 20.5 Å². The number of hydrogen-bond acceptors (Lipinski definition) is 7. The normalized spacial score (nSPS) is 19.7. The largest absolute Gasteiger partial charge is 0.461 e. The van der Waals surface area contributed by atoms with Crippen LogP contribution in [0.25, 0.3) is 10.4 Å². The maximum atomic E-state index is 13.9. The second-order valence-electron chi connectivity index (χ2n) is 12.3. The zero-order valence-electron chi connectivity index (χ0n) is 24.0. The third kappa shape index (κ3) is 7.41. The van der Waals surface area contributed by atoms with Crippen LogP contribution in [-0.4, -0.2) is 57.9 Å². The zero-order valence-corrected chi connectivity index (χ0v) is 24.9. The second kappa shape index (κ2) is 11.5. The number of likely N-dealkylation sites (tertiary alicyclic amines) is 1. The first kappa shape index (κ1) is 29.8. The Morgan fingerprint density at radius 1 is 1.11 bits per heavy atom. The van der Waals surface area contributed by atoms with Crippen LogP contribution >= 0.6 is 11.3 Å². The summed E-state index contributed by atoms with van der Waals surface area (Å²) in [6.07, 6.45) is -0.264. The maximum Gasteiger partial charge on any atom is 0.302 e. The third-order valence-electron chi connectivity index (χ3n) is 6.65. The van der Waals surface area contributed by atoms with E-state index in [0.29, 0.717) is 0 Å². The second-order valence-corrected chi connectivity index (χ2v) is 13.1. The lowest BCUT2D eigenvalue weighted by atomic mass is 9.84. The lowest BCUT2D eigenvalue weighted by Gasteiger charge is -2.39. The van der Waals surface area contributed by atoms with Gasteiger partial charge in [-0.1, -0.05) is 45.0 Å². The minimum absolute atomic E-state index is 0.167. The van der Waals surface area contributed by atoms with Gasteiger partial charge in [0.1, 0.15) is 12.1 Å². The summed E-state index contributed by atoms with van der Waals surface area (Å²) in [5.74, 6) is -0.848. The predicted octanol–water partition coefficient (Wildman–Crippen LogP) is 4.63. The Morgan fingerprint density at radius 2 is 1.74 bits per heavy atom. The molecule has 4 atom stereocenters. The van der Waals surface area contributed by atoms with Crippen molar-refractivity contribution < 1.29 is 19.1 Å². The minimum atomic E-state index is -0.736. The minimum Gasteiger partial charge on any atom is -0.461 e. The molecule has 0 aliphatic carbocycles. The molecule has 2 N–H and O–H groups in total. The molecule has 1 aliphatic rings. The van der Waals surface area contributed by atoms with Gasteiger partial charge in [0.15, 0.2) is 0 Å². The summed E-state index contributed by atoms with van der Waals surface area (Å²) in [7, 11) is 0. The molecule has 0 radical (unpaired) electrons. The fourth-order valence-corrected chi connectivity index (χ4v) is 5.56. The highest BCUT2D eigenvalue weighted by atomic mass is 32.1. The Balaban J connectivity index is 1.80. The Morgan fingerprint density at radius 3 is 2.24 bits per heavy atom. The van der Waals surface area contributed by atoms with Crippen LogP contribution in [0.15, 0.2) is 29.8 Å². The van der Waals surface area contributed by atoms with Gasteiger partial charge in [-0.25, -0.2) is 4.98 Å². The van der Waals surface area contributed by atoms with Gasteiger partial charge in [0.25, 0.3) is 0 Å². The van der Waals surface area contributed by atoms with Gasteiger partial charge in [0.05, 0.1) is 34.7 Å². The van der Waals surface area contributed by atoms with E-state index in [1.165, 1.54) is 6.92 Å². The van der Waals surface area contributed by atoms with E-state index in [9.17, 15) is 14.4 Å². The van der Waals surface area contributed by atoms with E-state index >= 15 is 0 Å². The molecule has 38 heavy (non-hydrogen) atoms. The summed E-state index contributed by atoms with van der Waals surface area (Å²) in [6, 6.07) is 6.55. The van der Waals surface area contributed by atoms with Crippen LogP contribution in [0.5, 0.6) is 0 Å². The predicted molar refractivity (Wildman–Crippen MR) is 151 cm³/mol. The first-order valence-corrected chi connectivity index (χ1v) is 14.0. The number of benzene rings is 1. The van der Waals surface area contributed by atoms with E-state index < -0.39 is 29.6 Å². The van der Waals surface area contributed by atoms with Gasteiger partial charge < -0.3 is 20.3 Å². The van der Waals surface area contributed by atoms with Crippen LogP contribution < -0.4 is 10.6 Å². The van der Waals surface area contributed by atoms with E-state index in [2.05, 4.69) is 15.6 Å². The van der Waals surface area contributed by atoms with Crippen LogP contribution in [0.1, 0.15) is 79.1 Å². The monoisotopic (exact) mass is 542 g/mol.